The molecular formula is C10H19NO3. The van der Waals surface area contributed by atoms with Gasteiger partial charge in [0, 0.05) is 26.2 Å². The van der Waals surface area contributed by atoms with Crippen molar-refractivity contribution in [3.63, 3.8) is 0 Å². The fraction of sp³-hybridized carbons (Fsp3) is 0.900. The van der Waals surface area contributed by atoms with Crippen molar-refractivity contribution in [1.82, 2.24) is 5.32 Å². The number of hydrogen-bond acceptors (Lipinski definition) is 3. The molecule has 0 spiro atoms. The van der Waals surface area contributed by atoms with Gasteiger partial charge in [-0.25, -0.2) is 0 Å². The van der Waals surface area contributed by atoms with Gasteiger partial charge in [0.25, 0.3) is 0 Å². The molecule has 1 fully saturated rings. The monoisotopic (exact) mass is 201 g/mol. The van der Waals surface area contributed by atoms with Crippen molar-refractivity contribution in [2.75, 3.05) is 26.4 Å². The molecule has 0 aromatic carbocycles. The molecule has 0 radical (unpaired) electrons. The predicted octanol–water partition coefficient (Wildman–Crippen LogP) is 0.302. The fourth-order valence-corrected chi connectivity index (χ4v) is 1.65. The maximum Gasteiger partial charge on any atom is 0.220 e. The number of aliphatic hydroxyl groups excluding tert-OH is 1. The van der Waals surface area contributed by atoms with Crippen LogP contribution in [0, 0.1) is 5.92 Å². The summed E-state index contributed by atoms with van der Waals surface area (Å²) in [5, 5.41) is 11.2. The molecule has 0 atom stereocenters. The number of hydrogen-bond donors (Lipinski definition) is 2. The number of carbonyl (C=O) groups is 1. The van der Waals surface area contributed by atoms with Crippen LogP contribution in [-0.4, -0.2) is 37.4 Å². The van der Waals surface area contributed by atoms with Crippen LogP contribution in [-0.2, 0) is 9.53 Å². The van der Waals surface area contributed by atoms with E-state index in [0.29, 0.717) is 18.9 Å². The van der Waals surface area contributed by atoms with E-state index in [4.69, 9.17) is 9.84 Å². The molecule has 1 saturated heterocycles. The van der Waals surface area contributed by atoms with Crippen molar-refractivity contribution in [1.29, 1.82) is 0 Å². The zero-order valence-corrected chi connectivity index (χ0v) is 8.50. The van der Waals surface area contributed by atoms with E-state index in [0.717, 1.165) is 32.5 Å². The molecule has 1 aliphatic rings. The number of nitrogens with one attached hydrogen (secondary N) is 1. The molecule has 1 aliphatic heterocycles. The first-order chi connectivity index (χ1) is 6.83. The minimum atomic E-state index is 0.0169. The lowest BCUT2D eigenvalue weighted by Crippen LogP contribution is -2.27. The normalized spacial score (nSPS) is 18.1. The van der Waals surface area contributed by atoms with Crippen LogP contribution in [0.15, 0.2) is 0 Å². The summed E-state index contributed by atoms with van der Waals surface area (Å²) in [4.78, 5) is 11.2. The Bertz CT molecular complexity index is 167. The molecule has 0 bridgehead atoms. The van der Waals surface area contributed by atoms with Crippen LogP contribution in [0.1, 0.15) is 25.7 Å². The van der Waals surface area contributed by atoms with Gasteiger partial charge in [0.2, 0.25) is 5.91 Å². The Balaban J connectivity index is 2.03. The van der Waals surface area contributed by atoms with E-state index >= 15 is 0 Å². The molecule has 2 N–H and O–H groups in total. The lowest BCUT2D eigenvalue weighted by atomic mass is 9.95. The second kappa shape index (κ2) is 6.79. The fourth-order valence-electron chi connectivity index (χ4n) is 1.65. The van der Waals surface area contributed by atoms with Gasteiger partial charge in [-0.1, -0.05) is 0 Å². The van der Waals surface area contributed by atoms with Gasteiger partial charge in [-0.2, -0.15) is 0 Å². The van der Waals surface area contributed by atoms with E-state index in [2.05, 4.69) is 5.32 Å². The molecule has 0 aromatic heterocycles. The summed E-state index contributed by atoms with van der Waals surface area (Å²) in [6, 6.07) is 0. The lowest BCUT2D eigenvalue weighted by Gasteiger charge is -2.21. The minimum absolute atomic E-state index is 0.0169. The highest BCUT2D eigenvalue weighted by molar-refractivity contribution is 5.75. The van der Waals surface area contributed by atoms with Gasteiger partial charge in [-0.15, -0.1) is 0 Å². The molecule has 0 saturated carbocycles. The van der Waals surface area contributed by atoms with Crippen LogP contribution >= 0.6 is 0 Å². The van der Waals surface area contributed by atoms with Gasteiger partial charge in [-0.05, 0) is 25.2 Å². The molecular weight excluding hydrogens is 182 g/mol. The van der Waals surface area contributed by atoms with Gasteiger partial charge >= 0.3 is 0 Å². The van der Waals surface area contributed by atoms with Crippen molar-refractivity contribution in [2.45, 2.75) is 25.7 Å². The first kappa shape index (κ1) is 11.5. The van der Waals surface area contributed by atoms with Crippen molar-refractivity contribution >= 4 is 5.91 Å². The van der Waals surface area contributed by atoms with Gasteiger partial charge < -0.3 is 15.2 Å². The summed E-state index contributed by atoms with van der Waals surface area (Å²) < 4.78 is 5.24. The summed E-state index contributed by atoms with van der Waals surface area (Å²) >= 11 is 0. The molecule has 0 aromatic rings. The van der Waals surface area contributed by atoms with E-state index < -0.39 is 0 Å². The third-order valence-electron chi connectivity index (χ3n) is 2.55. The summed E-state index contributed by atoms with van der Waals surface area (Å²) in [7, 11) is 0. The van der Waals surface area contributed by atoms with Crippen LogP contribution in [0.2, 0.25) is 0 Å². The third kappa shape index (κ3) is 4.58. The highest BCUT2D eigenvalue weighted by Crippen LogP contribution is 2.19. The van der Waals surface area contributed by atoms with Crippen LogP contribution in [0.25, 0.3) is 0 Å². The molecule has 14 heavy (non-hydrogen) atoms. The van der Waals surface area contributed by atoms with Crippen molar-refractivity contribution in [3.8, 4) is 0 Å². The van der Waals surface area contributed by atoms with Gasteiger partial charge in [0.15, 0.2) is 0 Å². The molecule has 4 nitrogen and oxygen atoms in total. The lowest BCUT2D eigenvalue weighted by molar-refractivity contribution is -0.121. The van der Waals surface area contributed by atoms with E-state index in [1.165, 1.54) is 0 Å². The topological polar surface area (TPSA) is 58.6 Å². The molecule has 1 amide bonds. The predicted molar refractivity (Wildman–Crippen MR) is 52.9 cm³/mol. The molecule has 0 aliphatic carbocycles. The summed E-state index contributed by atoms with van der Waals surface area (Å²) in [6.45, 7) is 2.06. The second-order valence-electron chi connectivity index (χ2n) is 3.67. The van der Waals surface area contributed by atoms with E-state index in [1.54, 1.807) is 0 Å². The van der Waals surface area contributed by atoms with Gasteiger partial charge in [0.1, 0.15) is 0 Å². The van der Waals surface area contributed by atoms with Crippen LogP contribution in [0.3, 0.4) is 0 Å². The minimum Gasteiger partial charge on any atom is -0.395 e. The molecule has 4 heteroatoms. The number of aliphatic hydroxyl groups is 1. The van der Waals surface area contributed by atoms with E-state index in [9.17, 15) is 4.79 Å². The quantitative estimate of drug-likeness (QED) is 0.672. The molecule has 1 rings (SSSR count). The zero-order valence-electron chi connectivity index (χ0n) is 8.50. The maximum atomic E-state index is 11.2. The number of rotatable bonds is 5. The Morgan fingerprint density at radius 2 is 2.14 bits per heavy atom. The Kier molecular flexibility index (Phi) is 5.56. The second-order valence-corrected chi connectivity index (χ2v) is 3.67. The zero-order chi connectivity index (χ0) is 10.2. The van der Waals surface area contributed by atoms with Crippen LogP contribution < -0.4 is 5.32 Å². The highest BCUT2D eigenvalue weighted by atomic mass is 16.5. The SMILES string of the molecule is O=C(CCC1CCOCC1)NCCO. The van der Waals surface area contributed by atoms with E-state index in [1.807, 2.05) is 0 Å². The number of amides is 1. The number of carbonyl (C=O) groups excluding carboxylic acids is 1. The molecule has 0 unspecified atom stereocenters. The first-order valence-corrected chi connectivity index (χ1v) is 5.28. The van der Waals surface area contributed by atoms with Crippen molar-refractivity contribution < 1.29 is 14.6 Å². The van der Waals surface area contributed by atoms with Crippen LogP contribution in [0.4, 0.5) is 0 Å². The summed E-state index contributed by atoms with van der Waals surface area (Å²) in [6.07, 6.45) is 3.67. The van der Waals surface area contributed by atoms with Crippen LogP contribution in [0.5, 0.6) is 0 Å². The van der Waals surface area contributed by atoms with E-state index in [-0.39, 0.29) is 12.5 Å². The Labute approximate surface area is 84.6 Å². The molecule has 1 heterocycles. The average Bonchev–Trinajstić information content (AvgIpc) is 2.25. The first-order valence-electron chi connectivity index (χ1n) is 5.28. The number of ether oxygens (including phenoxy) is 1. The van der Waals surface area contributed by atoms with Crippen molar-refractivity contribution in [2.24, 2.45) is 5.92 Å². The highest BCUT2D eigenvalue weighted by Gasteiger charge is 2.14. The molecule has 82 valence electrons. The summed E-state index contributed by atoms with van der Waals surface area (Å²) in [5.74, 6) is 0.689. The van der Waals surface area contributed by atoms with Gasteiger partial charge in [0.05, 0.1) is 6.61 Å². The Morgan fingerprint density at radius 3 is 2.79 bits per heavy atom. The van der Waals surface area contributed by atoms with Gasteiger partial charge in [-0.3, -0.25) is 4.79 Å². The Morgan fingerprint density at radius 1 is 1.43 bits per heavy atom. The van der Waals surface area contributed by atoms with Crippen molar-refractivity contribution in [3.05, 3.63) is 0 Å². The third-order valence-corrected chi connectivity index (χ3v) is 2.55. The standard InChI is InChI=1S/C10H19NO3/c12-6-5-11-10(13)2-1-9-3-7-14-8-4-9/h9,12H,1-8H2,(H,11,13). The average molecular weight is 201 g/mol. The largest absolute Gasteiger partial charge is 0.395 e. The maximum absolute atomic E-state index is 11.2. The summed E-state index contributed by atoms with van der Waals surface area (Å²) in [5.41, 5.74) is 0. The Hall–Kier alpha value is -0.610. The smallest absolute Gasteiger partial charge is 0.220 e.